The molecule has 0 bridgehead atoms. The number of aromatic nitrogens is 3. The first kappa shape index (κ1) is 18.8. The van der Waals surface area contributed by atoms with Gasteiger partial charge in [0, 0.05) is 24.2 Å². The molecule has 26 heavy (non-hydrogen) atoms. The number of aliphatic hydroxyl groups excluding tert-OH is 1. The van der Waals surface area contributed by atoms with Crippen molar-refractivity contribution in [1.29, 1.82) is 0 Å². The summed E-state index contributed by atoms with van der Waals surface area (Å²) in [6.07, 6.45) is 7.40. The fourth-order valence-corrected chi connectivity index (χ4v) is 3.25. The van der Waals surface area contributed by atoms with Gasteiger partial charge in [-0.2, -0.15) is 0 Å². The summed E-state index contributed by atoms with van der Waals surface area (Å²) in [6.45, 7) is 9.01. The summed E-state index contributed by atoms with van der Waals surface area (Å²) in [5.41, 5.74) is 1.54. The Labute approximate surface area is 155 Å². The van der Waals surface area contributed by atoms with Gasteiger partial charge in [0.25, 0.3) is 0 Å². The molecular formula is C20H31N5O. The molecule has 0 aliphatic heterocycles. The summed E-state index contributed by atoms with van der Waals surface area (Å²) in [5.74, 6) is 1.37. The Morgan fingerprint density at radius 1 is 1.19 bits per heavy atom. The van der Waals surface area contributed by atoms with Crippen molar-refractivity contribution in [3.63, 3.8) is 0 Å². The van der Waals surface area contributed by atoms with Gasteiger partial charge in [0.05, 0.1) is 11.8 Å². The van der Waals surface area contributed by atoms with E-state index in [1.165, 1.54) is 32.1 Å². The number of rotatable bonds is 5. The number of fused-ring (bicyclic) bond motifs is 1. The Balaban J connectivity index is 1.92. The SMILES string of the molecule is C[C@@H](O)c1cc2cnc(NC3CCCCC3)nc2c(NCC(C)(C)C)n1. The third-order valence-electron chi connectivity index (χ3n) is 4.74. The minimum absolute atomic E-state index is 0.116. The van der Waals surface area contributed by atoms with Gasteiger partial charge < -0.3 is 15.7 Å². The van der Waals surface area contributed by atoms with E-state index in [2.05, 4.69) is 41.4 Å². The van der Waals surface area contributed by atoms with Crippen molar-refractivity contribution in [1.82, 2.24) is 15.0 Å². The van der Waals surface area contributed by atoms with Crippen LogP contribution in [0, 0.1) is 5.41 Å². The summed E-state index contributed by atoms with van der Waals surface area (Å²) in [5, 5.41) is 17.7. The van der Waals surface area contributed by atoms with Gasteiger partial charge in [-0.25, -0.2) is 15.0 Å². The molecule has 0 radical (unpaired) electrons. The van der Waals surface area contributed by atoms with E-state index in [4.69, 9.17) is 4.98 Å². The van der Waals surface area contributed by atoms with Crippen LogP contribution in [0.25, 0.3) is 10.9 Å². The summed E-state index contributed by atoms with van der Waals surface area (Å²) in [4.78, 5) is 13.8. The van der Waals surface area contributed by atoms with Crippen LogP contribution in [0.1, 0.15) is 71.6 Å². The molecule has 6 heteroatoms. The lowest BCUT2D eigenvalue weighted by atomic mass is 9.96. The second kappa shape index (κ2) is 7.74. The minimum atomic E-state index is -0.630. The van der Waals surface area contributed by atoms with Crippen LogP contribution in [0.15, 0.2) is 12.3 Å². The minimum Gasteiger partial charge on any atom is -0.387 e. The van der Waals surface area contributed by atoms with Crippen LogP contribution in [0.3, 0.4) is 0 Å². The summed E-state index contributed by atoms with van der Waals surface area (Å²) in [6, 6.07) is 2.32. The van der Waals surface area contributed by atoms with Crippen molar-refractivity contribution >= 4 is 22.7 Å². The van der Waals surface area contributed by atoms with Crippen molar-refractivity contribution < 1.29 is 5.11 Å². The lowest BCUT2D eigenvalue weighted by Crippen LogP contribution is -2.23. The van der Waals surface area contributed by atoms with E-state index in [0.29, 0.717) is 23.5 Å². The zero-order valence-corrected chi connectivity index (χ0v) is 16.3. The van der Waals surface area contributed by atoms with Crippen molar-refractivity contribution in [3.8, 4) is 0 Å². The van der Waals surface area contributed by atoms with E-state index >= 15 is 0 Å². The lowest BCUT2D eigenvalue weighted by Gasteiger charge is -2.23. The molecule has 6 nitrogen and oxygen atoms in total. The van der Waals surface area contributed by atoms with Gasteiger partial charge in [-0.1, -0.05) is 40.0 Å². The first-order valence-electron chi connectivity index (χ1n) is 9.68. The number of anilines is 2. The van der Waals surface area contributed by atoms with Crippen molar-refractivity contribution in [2.75, 3.05) is 17.2 Å². The number of pyridine rings is 1. The molecule has 0 unspecified atom stereocenters. The third kappa shape index (κ3) is 4.81. The standard InChI is InChI=1S/C20H31N5O/c1-13(26)16-10-14-11-21-19(23-15-8-6-5-7-9-15)25-17(14)18(24-16)22-12-20(2,3)4/h10-11,13,15,26H,5-9,12H2,1-4H3,(H,22,24)(H,21,23,25)/t13-/m1/s1. The van der Waals surface area contributed by atoms with Crippen LogP contribution < -0.4 is 10.6 Å². The molecule has 3 N–H and O–H groups in total. The molecule has 1 aliphatic rings. The van der Waals surface area contributed by atoms with E-state index in [9.17, 15) is 5.11 Å². The maximum Gasteiger partial charge on any atom is 0.223 e. The molecule has 0 amide bonds. The van der Waals surface area contributed by atoms with Gasteiger partial charge in [0.1, 0.15) is 5.52 Å². The zero-order chi connectivity index (χ0) is 18.7. The number of nitrogens with one attached hydrogen (secondary N) is 2. The number of hydrogen-bond donors (Lipinski definition) is 3. The van der Waals surface area contributed by atoms with Gasteiger partial charge in [-0.05, 0) is 31.2 Å². The Kier molecular flexibility index (Phi) is 5.61. The predicted octanol–water partition coefficient (Wildman–Crippen LogP) is 4.28. The highest BCUT2D eigenvalue weighted by Gasteiger charge is 2.17. The average Bonchev–Trinajstić information content (AvgIpc) is 2.59. The smallest absolute Gasteiger partial charge is 0.223 e. The fourth-order valence-electron chi connectivity index (χ4n) is 3.25. The van der Waals surface area contributed by atoms with E-state index in [0.717, 1.165) is 17.4 Å². The molecule has 142 valence electrons. The molecule has 1 atom stereocenters. The molecule has 2 heterocycles. The Morgan fingerprint density at radius 3 is 2.58 bits per heavy atom. The molecule has 0 aromatic carbocycles. The van der Waals surface area contributed by atoms with Gasteiger partial charge in [0.15, 0.2) is 5.82 Å². The molecule has 1 saturated carbocycles. The second-order valence-corrected chi connectivity index (χ2v) is 8.60. The fraction of sp³-hybridized carbons (Fsp3) is 0.650. The van der Waals surface area contributed by atoms with Gasteiger partial charge in [-0.3, -0.25) is 0 Å². The number of nitrogens with zero attached hydrogens (tertiary/aromatic N) is 3. The monoisotopic (exact) mass is 357 g/mol. The van der Waals surface area contributed by atoms with Crippen LogP contribution in [0.5, 0.6) is 0 Å². The number of hydrogen-bond acceptors (Lipinski definition) is 6. The third-order valence-corrected chi connectivity index (χ3v) is 4.74. The van der Waals surface area contributed by atoms with Crippen molar-refractivity contribution in [3.05, 3.63) is 18.0 Å². The summed E-state index contributed by atoms with van der Waals surface area (Å²) >= 11 is 0. The van der Waals surface area contributed by atoms with E-state index in [1.807, 2.05) is 12.3 Å². The second-order valence-electron chi connectivity index (χ2n) is 8.60. The molecule has 0 spiro atoms. The van der Waals surface area contributed by atoms with E-state index in [1.54, 1.807) is 6.92 Å². The number of aliphatic hydroxyl groups is 1. The predicted molar refractivity (Wildman–Crippen MR) is 106 cm³/mol. The van der Waals surface area contributed by atoms with E-state index < -0.39 is 6.10 Å². The van der Waals surface area contributed by atoms with Crippen molar-refractivity contribution in [2.24, 2.45) is 5.41 Å². The molecule has 2 aromatic rings. The van der Waals surface area contributed by atoms with Crippen LogP contribution in [-0.2, 0) is 0 Å². The summed E-state index contributed by atoms with van der Waals surface area (Å²) in [7, 11) is 0. The lowest BCUT2D eigenvalue weighted by molar-refractivity contribution is 0.194. The van der Waals surface area contributed by atoms with Crippen LogP contribution >= 0.6 is 0 Å². The highest BCUT2D eigenvalue weighted by atomic mass is 16.3. The normalized spacial score (nSPS) is 17.3. The highest BCUT2D eigenvalue weighted by molar-refractivity contribution is 5.88. The Hall–Kier alpha value is -1.95. The first-order valence-corrected chi connectivity index (χ1v) is 9.68. The van der Waals surface area contributed by atoms with Crippen LogP contribution in [-0.4, -0.2) is 32.6 Å². The Bertz CT molecular complexity index is 748. The summed E-state index contributed by atoms with van der Waals surface area (Å²) < 4.78 is 0. The van der Waals surface area contributed by atoms with Crippen LogP contribution in [0.4, 0.5) is 11.8 Å². The molecule has 1 fully saturated rings. The average molecular weight is 358 g/mol. The topological polar surface area (TPSA) is 83.0 Å². The first-order chi connectivity index (χ1) is 12.3. The van der Waals surface area contributed by atoms with Gasteiger partial charge in [-0.15, -0.1) is 0 Å². The maximum absolute atomic E-state index is 9.96. The Morgan fingerprint density at radius 2 is 1.92 bits per heavy atom. The maximum atomic E-state index is 9.96. The molecular weight excluding hydrogens is 326 g/mol. The molecule has 2 aromatic heterocycles. The van der Waals surface area contributed by atoms with Gasteiger partial charge in [0.2, 0.25) is 5.95 Å². The van der Waals surface area contributed by atoms with E-state index in [-0.39, 0.29) is 5.41 Å². The largest absolute Gasteiger partial charge is 0.387 e. The molecule has 3 rings (SSSR count). The van der Waals surface area contributed by atoms with Gasteiger partial charge >= 0.3 is 0 Å². The highest BCUT2D eigenvalue weighted by Crippen LogP contribution is 2.27. The zero-order valence-electron chi connectivity index (χ0n) is 16.3. The molecule has 1 aliphatic carbocycles. The quantitative estimate of drug-likeness (QED) is 0.741. The molecule has 0 saturated heterocycles. The van der Waals surface area contributed by atoms with Crippen molar-refractivity contribution in [2.45, 2.75) is 71.9 Å². The van der Waals surface area contributed by atoms with Crippen LogP contribution in [0.2, 0.25) is 0 Å².